The molecular formula is C9H11O. The summed E-state index contributed by atoms with van der Waals surface area (Å²) >= 11 is 0. The summed E-state index contributed by atoms with van der Waals surface area (Å²) in [5.41, 5.74) is 2.16. The maximum atomic E-state index is 9.24. The molecule has 1 rings (SSSR count). The van der Waals surface area contributed by atoms with Crippen molar-refractivity contribution < 1.29 is 5.11 Å². The van der Waals surface area contributed by atoms with E-state index in [4.69, 9.17) is 0 Å². The van der Waals surface area contributed by atoms with Crippen LogP contribution in [0, 0.1) is 6.08 Å². The van der Waals surface area contributed by atoms with Gasteiger partial charge in [0.25, 0.3) is 0 Å². The van der Waals surface area contributed by atoms with Crippen LogP contribution in [0.3, 0.4) is 0 Å². The minimum atomic E-state index is 0.294. The third-order valence-corrected chi connectivity index (χ3v) is 1.55. The Kier molecular flexibility index (Phi) is 1.95. The van der Waals surface area contributed by atoms with Crippen LogP contribution in [0.1, 0.15) is 20.3 Å². The molecule has 0 spiro atoms. The zero-order valence-corrected chi connectivity index (χ0v) is 6.31. The fourth-order valence-electron chi connectivity index (χ4n) is 0.939. The summed E-state index contributed by atoms with van der Waals surface area (Å²) in [6, 6.07) is 0. The van der Waals surface area contributed by atoms with Crippen molar-refractivity contribution in [1.29, 1.82) is 0 Å². The maximum absolute atomic E-state index is 9.24. The van der Waals surface area contributed by atoms with Gasteiger partial charge < -0.3 is 5.11 Å². The van der Waals surface area contributed by atoms with Gasteiger partial charge in [-0.1, -0.05) is 17.7 Å². The van der Waals surface area contributed by atoms with Crippen LogP contribution in [-0.2, 0) is 0 Å². The first-order valence-corrected chi connectivity index (χ1v) is 3.36. The van der Waals surface area contributed by atoms with E-state index in [1.54, 1.807) is 6.08 Å². The number of aliphatic hydroxyl groups excluding tert-OH is 1. The van der Waals surface area contributed by atoms with Crippen LogP contribution in [0.4, 0.5) is 0 Å². The summed E-state index contributed by atoms with van der Waals surface area (Å²) in [5.74, 6) is 0.294. The van der Waals surface area contributed by atoms with Crippen LogP contribution < -0.4 is 0 Å². The van der Waals surface area contributed by atoms with Gasteiger partial charge in [0.15, 0.2) is 0 Å². The van der Waals surface area contributed by atoms with Crippen molar-refractivity contribution in [1.82, 2.24) is 0 Å². The minimum Gasteiger partial charge on any atom is -0.507 e. The lowest BCUT2D eigenvalue weighted by molar-refractivity contribution is 0.416. The number of hydrogen-bond donors (Lipinski definition) is 1. The quantitative estimate of drug-likeness (QED) is 0.541. The molecule has 0 aliphatic heterocycles. The molecule has 0 atom stereocenters. The Morgan fingerprint density at radius 1 is 1.60 bits per heavy atom. The first-order chi connectivity index (χ1) is 4.72. The van der Waals surface area contributed by atoms with Gasteiger partial charge >= 0.3 is 0 Å². The monoisotopic (exact) mass is 135 g/mol. The molecule has 0 amide bonds. The lowest BCUT2D eigenvalue weighted by Crippen LogP contribution is -1.93. The van der Waals surface area contributed by atoms with Crippen molar-refractivity contribution in [2.75, 3.05) is 0 Å². The SMILES string of the molecule is CC(C)=C1CC=C[C]=C1O. The molecule has 1 N–H and O–H groups in total. The Bertz CT molecular complexity index is 215. The Balaban J connectivity index is 2.94. The zero-order valence-electron chi connectivity index (χ0n) is 6.31. The topological polar surface area (TPSA) is 20.2 Å². The van der Waals surface area contributed by atoms with Crippen molar-refractivity contribution >= 4 is 0 Å². The Morgan fingerprint density at radius 3 is 2.70 bits per heavy atom. The fraction of sp³-hybridized carbons (Fsp3) is 0.333. The molecule has 0 saturated carbocycles. The molecule has 53 valence electrons. The van der Waals surface area contributed by atoms with Crippen molar-refractivity contribution in [3.8, 4) is 0 Å². The van der Waals surface area contributed by atoms with Gasteiger partial charge in [-0.25, -0.2) is 0 Å². The van der Waals surface area contributed by atoms with Crippen molar-refractivity contribution in [2.24, 2.45) is 0 Å². The molecule has 0 bridgehead atoms. The summed E-state index contributed by atoms with van der Waals surface area (Å²) in [4.78, 5) is 0. The summed E-state index contributed by atoms with van der Waals surface area (Å²) in [6.45, 7) is 3.98. The largest absolute Gasteiger partial charge is 0.507 e. The average molecular weight is 135 g/mol. The predicted molar refractivity (Wildman–Crippen MR) is 41.5 cm³/mol. The first kappa shape index (κ1) is 7.13. The van der Waals surface area contributed by atoms with Crippen LogP contribution in [-0.4, -0.2) is 5.11 Å². The van der Waals surface area contributed by atoms with Crippen molar-refractivity contribution in [2.45, 2.75) is 20.3 Å². The molecule has 10 heavy (non-hydrogen) atoms. The van der Waals surface area contributed by atoms with Crippen LogP contribution in [0.2, 0.25) is 0 Å². The molecule has 0 saturated heterocycles. The highest BCUT2D eigenvalue weighted by atomic mass is 16.3. The van der Waals surface area contributed by atoms with Crippen LogP contribution in [0.15, 0.2) is 29.1 Å². The summed E-state index contributed by atoms with van der Waals surface area (Å²) < 4.78 is 0. The fourth-order valence-corrected chi connectivity index (χ4v) is 0.939. The Morgan fingerprint density at radius 2 is 2.30 bits per heavy atom. The third-order valence-electron chi connectivity index (χ3n) is 1.55. The lowest BCUT2D eigenvalue weighted by atomic mass is 10.0. The molecule has 1 radical (unpaired) electrons. The predicted octanol–water partition coefficient (Wildman–Crippen LogP) is 2.53. The summed E-state index contributed by atoms with van der Waals surface area (Å²) in [7, 11) is 0. The highest BCUT2D eigenvalue weighted by Crippen LogP contribution is 2.19. The van der Waals surface area contributed by atoms with Gasteiger partial charge in [0.2, 0.25) is 0 Å². The molecule has 1 aliphatic rings. The van der Waals surface area contributed by atoms with Gasteiger partial charge in [0.1, 0.15) is 5.76 Å². The van der Waals surface area contributed by atoms with Crippen molar-refractivity contribution in [3.05, 3.63) is 35.1 Å². The molecule has 0 aromatic rings. The van der Waals surface area contributed by atoms with E-state index < -0.39 is 0 Å². The van der Waals surface area contributed by atoms with Crippen molar-refractivity contribution in [3.63, 3.8) is 0 Å². The Labute approximate surface area is 61.4 Å². The molecule has 0 fully saturated rings. The third kappa shape index (κ3) is 1.29. The van der Waals surface area contributed by atoms with E-state index in [0.29, 0.717) is 5.76 Å². The molecule has 0 aromatic heterocycles. The second-order valence-electron chi connectivity index (χ2n) is 2.58. The zero-order chi connectivity index (χ0) is 7.56. The normalized spacial score (nSPS) is 17.0. The van der Waals surface area contributed by atoms with Gasteiger partial charge in [0, 0.05) is 6.08 Å². The second kappa shape index (κ2) is 2.74. The molecule has 1 nitrogen and oxygen atoms in total. The second-order valence-corrected chi connectivity index (χ2v) is 2.58. The van der Waals surface area contributed by atoms with E-state index >= 15 is 0 Å². The first-order valence-electron chi connectivity index (χ1n) is 3.36. The van der Waals surface area contributed by atoms with Crippen LogP contribution >= 0.6 is 0 Å². The summed E-state index contributed by atoms with van der Waals surface area (Å²) in [6.07, 6.45) is 7.32. The highest BCUT2D eigenvalue weighted by Gasteiger charge is 2.05. The van der Waals surface area contributed by atoms with Crippen LogP contribution in [0.5, 0.6) is 0 Å². The van der Waals surface area contributed by atoms with Gasteiger partial charge in [-0.15, -0.1) is 0 Å². The smallest absolute Gasteiger partial charge is 0.126 e. The Hall–Kier alpha value is -0.980. The van der Waals surface area contributed by atoms with E-state index in [2.05, 4.69) is 6.08 Å². The number of allylic oxidation sites excluding steroid dienone is 5. The van der Waals surface area contributed by atoms with Gasteiger partial charge in [-0.2, -0.15) is 0 Å². The lowest BCUT2D eigenvalue weighted by Gasteiger charge is -2.08. The van der Waals surface area contributed by atoms with E-state index in [-0.39, 0.29) is 0 Å². The summed E-state index contributed by atoms with van der Waals surface area (Å²) in [5, 5.41) is 9.24. The van der Waals surface area contributed by atoms with Gasteiger partial charge in [-0.05, 0) is 25.8 Å². The number of hydrogen-bond acceptors (Lipinski definition) is 1. The van der Waals surface area contributed by atoms with E-state index in [1.165, 1.54) is 0 Å². The van der Waals surface area contributed by atoms with Crippen LogP contribution in [0.25, 0.3) is 0 Å². The molecule has 0 aromatic carbocycles. The standard InChI is InChI=1S/C9H11O/c1-7(2)8-5-3-4-6-9(8)10/h3-4,10H,5H2,1-2H3. The van der Waals surface area contributed by atoms with E-state index in [9.17, 15) is 5.11 Å². The van der Waals surface area contributed by atoms with Gasteiger partial charge in [-0.3, -0.25) is 0 Å². The minimum absolute atomic E-state index is 0.294. The van der Waals surface area contributed by atoms with E-state index in [0.717, 1.165) is 17.6 Å². The highest BCUT2D eigenvalue weighted by molar-refractivity contribution is 5.34. The number of aliphatic hydroxyl groups is 1. The molecular weight excluding hydrogens is 124 g/mol. The number of rotatable bonds is 0. The molecule has 0 heterocycles. The maximum Gasteiger partial charge on any atom is 0.126 e. The molecule has 1 aliphatic carbocycles. The van der Waals surface area contributed by atoms with Gasteiger partial charge in [0.05, 0.1) is 0 Å². The molecule has 1 heteroatoms. The molecule has 0 unspecified atom stereocenters. The average Bonchev–Trinajstić information content (AvgIpc) is 1.88. The van der Waals surface area contributed by atoms with E-state index in [1.807, 2.05) is 19.9 Å².